The summed E-state index contributed by atoms with van der Waals surface area (Å²) >= 11 is 0. The lowest BCUT2D eigenvalue weighted by Crippen LogP contribution is -2.54. The maximum absolute atomic E-state index is 10.4. The van der Waals surface area contributed by atoms with Gasteiger partial charge in [0, 0.05) is 25.2 Å². The third-order valence-electron chi connectivity index (χ3n) is 5.83. The van der Waals surface area contributed by atoms with Crippen molar-refractivity contribution in [2.24, 2.45) is 5.92 Å². The van der Waals surface area contributed by atoms with E-state index in [0.717, 1.165) is 61.3 Å². The first kappa shape index (κ1) is 17.6. The number of ether oxygens (including phenoxy) is 1. The Kier molecular flexibility index (Phi) is 4.57. The van der Waals surface area contributed by atoms with E-state index in [4.69, 9.17) is 4.74 Å². The SMILES string of the molecule is Cc1ccc2ncnc(N3CCC4(CC3)C[C@H](O)C[C@H](C(C)C)O4)c2n1. The number of pyridine rings is 1. The van der Waals surface area contributed by atoms with Crippen LogP contribution in [-0.4, -0.2) is 51.0 Å². The smallest absolute Gasteiger partial charge is 0.158 e. The number of hydrogen-bond donors (Lipinski definition) is 1. The molecule has 0 radical (unpaired) electrons. The van der Waals surface area contributed by atoms with Gasteiger partial charge in [0.1, 0.15) is 11.8 Å². The zero-order chi connectivity index (χ0) is 18.3. The molecule has 0 saturated carbocycles. The number of rotatable bonds is 2. The second-order valence-electron chi connectivity index (χ2n) is 8.18. The number of piperidine rings is 1. The van der Waals surface area contributed by atoms with E-state index in [1.807, 2.05) is 19.1 Å². The molecular formula is C20H28N4O2. The molecule has 2 aliphatic rings. The molecule has 0 unspecified atom stereocenters. The quantitative estimate of drug-likeness (QED) is 0.892. The van der Waals surface area contributed by atoms with Crippen molar-refractivity contribution in [1.82, 2.24) is 15.0 Å². The van der Waals surface area contributed by atoms with Crippen molar-refractivity contribution in [3.8, 4) is 0 Å². The number of aromatic nitrogens is 3. The average molecular weight is 356 g/mol. The standard InChI is InChI=1S/C20H28N4O2/c1-13(2)17-10-15(25)11-20(26-17)6-8-24(9-7-20)19-18-16(21-12-22-19)5-4-14(3)23-18/h4-5,12-13,15,17,25H,6-11H2,1-3H3/t15-,17-/m1/s1. The van der Waals surface area contributed by atoms with Crippen molar-refractivity contribution in [3.05, 3.63) is 24.2 Å². The molecular weight excluding hydrogens is 328 g/mol. The zero-order valence-corrected chi connectivity index (χ0v) is 15.9. The van der Waals surface area contributed by atoms with Crippen LogP contribution in [0.25, 0.3) is 11.0 Å². The predicted molar refractivity (Wildman–Crippen MR) is 101 cm³/mol. The highest BCUT2D eigenvalue weighted by Crippen LogP contribution is 2.40. The van der Waals surface area contributed by atoms with Gasteiger partial charge in [-0.3, -0.25) is 0 Å². The lowest BCUT2D eigenvalue weighted by molar-refractivity contribution is -0.183. The maximum Gasteiger partial charge on any atom is 0.158 e. The summed E-state index contributed by atoms with van der Waals surface area (Å²) in [5.74, 6) is 1.34. The summed E-state index contributed by atoms with van der Waals surface area (Å²) in [7, 11) is 0. The number of anilines is 1. The summed E-state index contributed by atoms with van der Waals surface area (Å²) in [6.45, 7) is 8.06. The van der Waals surface area contributed by atoms with E-state index in [0.29, 0.717) is 5.92 Å². The van der Waals surface area contributed by atoms with Gasteiger partial charge < -0.3 is 14.7 Å². The van der Waals surface area contributed by atoms with Gasteiger partial charge in [-0.15, -0.1) is 0 Å². The lowest BCUT2D eigenvalue weighted by atomic mass is 9.80. The van der Waals surface area contributed by atoms with Crippen molar-refractivity contribution in [2.75, 3.05) is 18.0 Å². The van der Waals surface area contributed by atoms with Crippen LogP contribution in [0.15, 0.2) is 18.5 Å². The minimum absolute atomic E-state index is 0.148. The highest BCUT2D eigenvalue weighted by Gasteiger charge is 2.44. The Morgan fingerprint density at radius 1 is 1.23 bits per heavy atom. The Labute approximate surface area is 154 Å². The van der Waals surface area contributed by atoms with E-state index < -0.39 is 0 Å². The Hall–Kier alpha value is -1.79. The van der Waals surface area contributed by atoms with Crippen molar-refractivity contribution in [2.45, 2.75) is 64.3 Å². The molecule has 0 aliphatic carbocycles. The first-order valence-corrected chi connectivity index (χ1v) is 9.65. The van der Waals surface area contributed by atoms with E-state index in [-0.39, 0.29) is 17.8 Å². The first-order valence-electron chi connectivity index (χ1n) is 9.65. The summed E-state index contributed by atoms with van der Waals surface area (Å²) in [6, 6.07) is 3.98. The van der Waals surface area contributed by atoms with Crippen LogP contribution in [0.1, 0.15) is 45.2 Å². The van der Waals surface area contributed by atoms with E-state index in [9.17, 15) is 5.11 Å². The molecule has 6 nitrogen and oxygen atoms in total. The number of aliphatic hydroxyl groups is 1. The van der Waals surface area contributed by atoms with Gasteiger partial charge in [0.15, 0.2) is 5.82 Å². The van der Waals surface area contributed by atoms with Gasteiger partial charge in [0.25, 0.3) is 0 Å². The van der Waals surface area contributed by atoms with E-state index in [1.165, 1.54) is 0 Å². The van der Waals surface area contributed by atoms with Gasteiger partial charge in [0.05, 0.1) is 23.3 Å². The number of hydrogen-bond acceptors (Lipinski definition) is 6. The van der Waals surface area contributed by atoms with Crippen LogP contribution in [0.5, 0.6) is 0 Å². The van der Waals surface area contributed by atoms with Gasteiger partial charge >= 0.3 is 0 Å². The third kappa shape index (κ3) is 3.28. The van der Waals surface area contributed by atoms with Gasteiger partial charge in [-0.25, -0.2) is 15.0 Å². The first-order chi connectivity index (χ1) is 12.5. The minimum Gasteiger partial charge on any atom is -0.393 e. The summed E-state index contributed by atoms with van der Waals surface area (Å²) in [6.07, 6.45) is 4.82. The van der Waals surface area contributed by atoms with Crippen molar-refractivity contribution >= 4 is 16.9 Å². The minimum atomic E-state index is -0.258. The molecule has 2 aromatic rings. The number of aryl methyl sites for hydroxylation is 1. The molecule has 2 fully saturated rings. The molecule has 4 heterocycles. The van der Waals surface area contributed by atoms with Gasteiger partial charge in [-0.2, -0.15) is 0 Å². The second kappa shape index (κ2) is 6.74. The molecule has 2 atom stereocenters. The largest absolute Gasteiger partial charge is 0.393 e. The van der Waals surface area contributed by atoms with E-state index in [2.05, 4.69) is 33.7 Å². The fraction of sp³-hybridized carbons (Fsp3) is 0.650. The molecule has 2 saturated heterocycles. The molecule has 0 amide bonds. The van der Waals surface area contributed by atoms with Crippen LogP contribution in [0.4, 0.5) is 5.82 Å². The van der Waals surface area contributed by atoms with E-state index >= 15 is 0 Å². The molecule has 0 bridgehead atoms. The van der Waals surface area contributed by atoms with Crippen LogP contribution in [0.3, 0.4) is 0 Å². The molecule has 26 heavy (non-hydrogen) atoms. The normalized spacial score (nSPS) is 26.0. The lowest BCUT2D eigenvalue weighted by Gasteiger charge is -2.49. The van der Waals surface area contributed by atoms with E-state index in [1.54, 1.807) is 6.33 Å². The predicted octanol–water partition coefficient (Wildman–Crippen LogP) is 2.87. The van der Waals surface area contributed by atoms with Crippen molar-refractivity contribution < 1.29 is 9.84 Å². The van der Waals surface area contributed by atoms with Crippen LogP contribution >= 0.6 is 0 Å². The number of fused-ring (bicyclic) bond motifs is 1. The van der Waals surface area contributed by atoms with Crippen molar-refractivity contribution in [1.29, 1.82) is 0 Å². The number of aliphatic hydroxyl groups excluding tert-OH is 1. The van der Waals surface area contributed by atoms with Crippen LogP contribution in [0, 0.1) is 12.8 Å². The number of nitrogens with zero attached hydrogens (tertiary/aromatic N) is 4. The summed E-state index contributed by atoms with van der Waals surface area (Å²) < 4.78 is 6.50. The maximum atomic E-state index is 10.4. The molecule has 6 heteroatoms. The van der Waals surface area contributed by atoms with Gasteiger partial charge in [-0.05, 0) is 44.2 Å². The molecule has 140 valence electrons. The molecule has 2 aliphatic heterocycles. The highest BCUT2D eigenvalue weighted by atomic mass is 16.5. The molecule has 1 N–H and O–H groups in total. The van der Waals surface area contributed by atoms with Gasteiger partial charge in [0.2, 0.25) is 0 Å². The topological polar surface area (TPSA) is 71.4 Å². The van der Waals surface area contributed by atoms with Crippen LogP contribution < -0.4 is 4.90 Å². The molecule has 1 spiro atoms. The fourth-order valence-corrected chi connectivity index (χ4v) is 4.31. The monoisotopic (exact) mass is 356 g/mol. The molecule has 2 aromatic heterocycles. The fourth-order valence-electron chi connectivity index (χ4n) is 4.31. The summed E-state index contributed by atoms with van der Waals surface area (Å²) in [5, 5.41) is 10.4. The zero-order valence-electron chi connectivity index (χ0n) is 15.9. The van der Waals surface area contributed by atoms with Crippen LogP contribution in [-0.2, 0) is 4.74 Å². The van der Waals surface area contributed by atoms with Crippen molar-refractivity contribution in [3.63, 3.8) is 0 Å². The van der Waals surface area contributed by atoms with Gasteiger partial charge in [-0.1, -0.05) is 13.8 Å². The Morgan fingerprint density at radius 3 is 2.73 bits per heavy atom. The Morgan fingerprint density at radius 2 is 2.00 bits per heavy atom. The average Bonchev–Trinajstić information content (AvgIpc) is 2.61. The summed E-state index contributed by atoms with van der Waals surface area (Å²) in [4.78, 5) is 15.8. The Bertz CT molecular complexity index is 786. The molecule has 4 rings (SSSR count). The Balaban J connectivity index is 1.55. The second-order valence-corrected chi connectivity index (χ2v) is 8.18. The highest BCUT2D eigenvalue weighted by molar-refractivity contribution is 5.85. The summed E-state index contributed by atoms with van der Waals surface area (Å²) in [5.41, 5.74) is 2.52. The van der Waals surface area contributed by atoms with Crippen LogP contribution in [0.2, 0.25) is 0 Å². The molecule has 0 aromatic carbocycles. The third-order valence-corrected chi connectivity index (χ3v) is 5.83.